The van der Waals surface area contributed by atoms with Gasteiger partial charge in [0.05, 0.1) is 5.69 Å². The van der Waals surface area contributed by atoms with Gasteiger partial charge in [0.25, 0.3) is 5.91 Å². The summed E-state index contributed by atoms with van der Waals surface area (Å²) in [6, 6.07) is 7.29. The van der Waals surface area contributed by atoms with Crippen LogP contribution < -0.4 is 17.2 Å². The summed E-state index contributed by atoms with van der Waals surface area (Å²) < 4.78 is 1.79. The third-order valence-electron chi connectivity index (χ3n) is 4.13. The number of anilines is 2. The molecule has 6 heteroatoms. The third kappa shape index (κ3) is 4.28. The largest absolute Gasteiger partial charge is 0.399 e. The van der Waals surface area contributed by atoms with E-state index in [1.54, 1.807) is 16.8 Å². The standard InChI is InChI=1S/C18H27N5O/c1-2-3-4-5-6-7-12-23-16(13-8-10-14(19)11-9-13)15(18(21)24)17(20)22-23/h8-11H,2-7,12,19H2,1H3,(H2,20,22)(H2,21,24). The number of primary amides is 1. The number of amides is 1. The van der Waals surface area contributed by atoms with Crippen molar-refractivity contribution in [3.05, 3.63) is 29.8 Å². The van der Waals surface area contributed by atoms with Crippen LogP contribution in [0.25, 0.3) is 11.3 Å². The summed E-state index contributed by atoms with van der Waals surface area (Å²) in [6.45, 7) is 2.92. The van der Waals surface area contributed by atoms with Gasteiger partial charge in [-0.1, -0.05) is 51.2 Å². The zero-order valence-corrected chi connectivity index (χ0v) is 14.3. The SMILES string of the molecule is CCCCCCCCn1nc(N)c(C(N)=O)c1-c1ccc(N)cc1. The van der Waals surface area contributed by atoms with Crippen molar-refractivity contribution < 1.29 is 4.79 Å². The Hall–Kier alpha value is -2.50. The first-order valence-electron chi connectivity index (χ1n) is 8.56. The number of hydrogen-bond donors (Lipinski definition) is 3. The van der Waals surface area contributed by atoms with E-state index in [-0.39, 0.29) is 11.4 Å². The van der Waals surface area contributed by atoms with E-state index in [0.29, 0.717) is 17.9 Å². The number of aryl methyl sites for hydroxylation is 1. The highest BCUT2D eigenvalue weighted by Gasteiger charge is 2.21. The molecule has 0 aliphatic heterocycles. The number of unbranched alkanes of at least 4 members (excludes halogenated alkanes) is 5. The molecule has 2 rings (SSSR count). The first kappa shape index (κ1) is 17.8. The van der Waals surface area contributed by atoms with Crippen molar-refractivity contribution in [3.8, 4) is 11.3 Å². The van der Waals surface area contributed by atoms with Crippen LogP contribution in [0.3, 0.4) is 0 Å². The molecule has 0 saturated carbocycles. The minimum atomic E-state index is -0.562. The fourth-order valence-electron chi connectivity index (χ4n) is 2.86. The molecule has 0 aliphatic carbocycles. The van der Waals surface area contributed by atoms with Gasteiger partial charge >= 0.3 is 0 Å². The Morgan fingerprint density at radius 3 is 2.29 bits per heavy atom. The summed E-state index contributed by atoms with van der Waals surface area (Å²) in [5, 5.41) is 4.33. The quantitative estimate of drug-likeness (QED) is 0.484. The maximum atomic E-state index is 11.8. The van der Waals surface area contributed by atoms with Crippen molar-refractivity contribution in [2.45, 2.75) is 52.0 Å². The average Bonchev–Trinajstić information content (AvgIpc) is 2.88. The van der Waals surface area contributed by atoms with E-state index in [0.717, 1.165) is 18.4 Å². The smallest absolute Gasteiger partial charge is 0.254 e. The molecule has 0 fully saturated rings. The van der Waals surface area contributed by atoms with Gasteiger partial charge in [0.1, 0.15) is 5.56 Å². The van der Waals surface area contributed by atoms with Crippen molar-refractivity contribution in [2.24, 2.45) is 5.73 Å². The second-order valence-corrected chi connectivity index (χ2v) is 6.09. The Labute approximate surface area is 143 Å². The Bertz CT molecular complexity index is 675. The fraction of sp³-hybridized carbons (Fsp3) is 0.444. The second kappa shape index (κ2) is 8.38. The summed E-state index contributed by atoms with van der Waals surface area (Å²) in [4.78, 5) is 11.8. The second-order valence-electron chi connectivity index (χ2n) is 6.09. The lowest BCUT2D eigenvalue weighted by Crippen LogP contribution is -2.14. The highest BCUT2D eigenvalue weighted by atomic mass is 16.1. The normalized spacial score (nSPS) is 10.9. The molecule has 0 spiro atoms. The first-order valence-corrected chi connectivity index (χ1v) is 8.56. The van der Waals surface area contributed by atoms with Crippen LogP contribution in [0.5, 0.6) is 0 Å². The van der Waals surface area contributed by atoms with E-state index in [4.69, 9.17) is 17.2 Å². The summed E-state index contributed by atoms with van der Waals surface area (Å²) >= 11 is 0. The zero-order chi connectivity index (χ0) is 17.5. The molecule has 1 aromatic heterocycles. The molecule has 0 bridgehead atoms. The van der Waals surface area contributed by atoms with Gasteiger partial charge in [-0.25, -0.2) is 0 Å². The number of nitrogens with zero attached hydrogens (tertiary/aromatic N) is 2. The molecule has 6 N–H and O–H groups in total. The van der Waals surface area contributed by atoms with Crippen molar-refractivity contribution in [1.82, 2.24) is 9.78 Å². The fourth-order valence-corrected chi connectivity index (χ4v) is 2.86. The molecule has 2 aromatic rings. The predicted octanol–water partition coefficient (Wildman–Crippen LogP) is 3.17. The molecule has 24 heavy (non-hydrogen) atoms. The lowest BCUT2D eigenvalue weighted by molar-refractivity contribution is 0.100. The molecule has 0 atom stereocenters. The molecule has 0 unspecified atom stereocenters. The van der Waals surface area contributed by atoms with Crippen LogP contribution in [0.2, 0.25) is 0 Å². The summed E-state index contributed by atoms with van der Waals surface area (Å²) in [5.74, 6) is -0.381. The predicted molar refractivity (Wildman–Crippen MR) is 98.4 cm³/mol. The number of aromatic nitrogens is 2. The van der Waals surface area contributed by atoms with Crippen LogP contribution in [0.1, 0.15) is 55.8 Å². The van der Waals surface area contributed by atoms with Gasteiger partial charge in [-0.2, -0.15) is 5.10 Å². The van der Waals surface area contributed by atoms with E-state index in [1.807, 2.05) is 12.1 Å². The van der Waals surface area contributed by atoms with Crippen LogP contribution in [-0.2, 0) is 6.54 Å². The summed E-state index contributed by atoms with van der Waals surface area (Å²) in [7, 11) is 0. The third-order valence-corrected chi connectivity index (χ3v) is 4.13. The van der Waals surface area contributed by atoms with Gasteiger partial charge in [0.15, 0.2) is 5.82 Å². The minimum Gasteiger partial charge on any atom is -0.399 e. The summed E-state index contributed by atoms with van der Waals surface area (Å²) in [6.07, 6.45) is 7.10. The van der Waals surface area contributed by atoms with Crippen molar-refractivity contribution in [2.75, 3.05) is 11.5 Å². The van der Waals surface area contributed by atoms with E-state index < -0.39 is 5.91 Å². The molecular formula is C18H27N5O. The highest BCUT2D eigenvalue weighted by Crippen LogP contribution is 2.29. The van der Waals surface area contributed by atoms with E-state index in [1.165, 1.54) is 25.7 Å². The molecule has 130 valence electrons. The van der Waals surface area contributed by atoms with Crippen molar-refractivity contribution in [1.29, 1.82) is 0 Å². The lowest BCUT2D eigenvalue weighted by Gasteiger charge is -2.09. The number of carbonyl (C=O) groups excluding carboxylic acids is 1. The molecule has 1 heterocycles. The highest BCUT2D eigenvalue weighted by molar-refractivity contribution is 6.03. The van der Waals surface area contributed by atoms with Crippen molar-refractivity contribution >= 4 is 17.4 Å². The Kier molecular flexibility index (Phi) is 6.23. The van der Waals surface area contributed by atoms with Gasteiger partial charge in [0, 0.05) is 17.8 Å². The minimum absolute atomic E-state index is 0.181. The van der Waals surface area contributed by atoms with Crippen LogP contribution in [0, 0.1) is 0 Å². The zero-order valence-electron chi connectivity index (χ0n) is 14.3. The molecule has 1 amide bonds. The van der Waals surface area contributed by atoms with E-state index in [9.17, 15) is 4.79 Å². The average molecular weight is 329 g/mol. The van der Waals surface area contributed by atoms with Gasteiger partial charge in [-0.3, -0.25) is 9.48 Å². The van der Waals surface area contributed by atoms with Crippen LogP contribution in [0.15, 0.2) is 24.3 Å². The Balaban J connectivity index is 2.20. The maximum absolute atomic E-state index is 11.8. The van der Waals surface area contributed by atoms with Gasteiger partial charge < -0.3 is 17.2 Å². The van der Waals surface area contributed by atoms with E-state index >= 15 is 0 Å². The number of hydrogen-bond acceptors (Lipinski definition) is 4. The molecular weight excluding hydrogens is 302 g/mol. The molecule has 0 radical (unpaired) electrons. The van der Waals surface area contributed by atoms with Gasteiger partial charge in [0.2, 0.25) is 0 Å². The number of nitrogen functional groups attached to an aromatic ring is 2. The number of carbonyl (C=O) groups is 1. The first-order chi connectivity index (χ1) is 11.5. The number of rotatable bonds is 9. The monoisotopic (exact) mass is 329 g/mol. The number of benzene rings is 1. The van der Waals surface area contributed by atoms with Gasteiger partial charge in [-0.15, -0.1) is 0 Å². The molecule has 1 aromatic carbocycles. The molecule has 0 saturated heterocycles. The lowest BCUT2D eigenvalue weighted by atomic mass is 10.1. The Morgan fingerprint density at radius 2 is 1.67 bits per heavy atom. The maximum Gasteiger partial charge on any atom is 0.254 e. The molecule has 0 aliphatic rings. The van der Waals surface area contributed by atoms with Crippen LogP contribution >= 0.6 is 0 Å². The van der Waals surface area contributed by atoms with Crippen LogP contribution in [-0.4, -0.2) is 15.7 Å². The topological polar surface area (TPSA) is 113 Å². The number of nitrogens with two attached hydrogens (primary N) is 3. The summed E-state index contributed by atoms with van der Waals surface area (Å²) in [5.41, 5.74) is 19.6. The van der Waals surface area contributed by atoms with E-state index in [2.05, 4.69) is 12.0 Å². The van der Waals surface area contributed by atoms with Gasteiger partial charge in [-0.05, 0) is 18.6 Å². The van der Waals surface area contributed by atoms with Crippen LogP contribution in [0.4, 0.5) is 11.5 Å². The Morgan fingerprint density at radius 1 is 1.04 bits per heavy atom. The van der Waals surface area contributed by atoms with Crippen molar-refractivity contribution in [3.63, 3.8) is 0 Å². The molecule has 6 nitrogen and oxygen atoms in total.